The van der Waals surface area contributed by atoms with E-state index in [9.17, 15) is 9.90 Å². The third-order valence-corrected chi connectivity index (χ3v) is 3.06. The van der Waals surface area contributed by atoms with Crippen LogP contribution in [-0.2, 0) is 20.9 Å². The van der Waals surface area contributed by atoms with Crippen LogP contribution in [0.25, 0.3) is 0 Å². The summed E-state index contributed by atoms with van der Waals surface area (Å²) in [5, 5.41) is 10.4. The summed E-state index contributed by atoms with van der Waals surface area (Å²) in [6.45, 7) is 5.88. The largest absolute Gasteiger partial charge is 0.465 e. The van der Waals surface area contributed by atoms with Gasteiger partial charge in [-0.1, -0.05) is 24.3 Å². The van der Waals surface area contributed by atoms with Crippen LogP contribution in [0.15, 0.2) is 24.3 Å². The molecule has 0 fully saturated rings. The Morgan fingerprint density at radius 1 is 1.42 bits per heavy atom. The first kappa shape index (κ1) is 15.7. The molecule has 0 spiro atoms. The summed E-state index contributed by atoms with van der Waals surface area (Å²) in [6.07, 6.45) is -0.914. The molecule has 4 nitrogen and oxygen atoms in total. The molecule has 0 aliphatic heterocycles. The Balaban J connectivity index is 2.95. The Hall–Kier alpha value is -1.39. The highest BCUT2D eigenvalue weighted by molar-refractivity contribution is 5.77. The van der Waals surface area contributed by atoms with E-state index in [0.29, 0.717) is 18.8 Å². The number of carbonyl (C=O) groups excluding carboxylic acids is 1. The van der Waals surface area contributed by atoms with Crippen molar-refractivity contribution in [2.75, 3.05) is 13.7 Å². The number of hydrogen-bond donors (Lipinski definition) is 1. The average Bonchev–Trinajstić information content (AvgIpc) is 2.38. The fourth-order valence-corrected chi connectivity index (χ4v) is 1.87. The smallest absolute Gasteiger partial charge is 0.314 e. The number of rotatable bonds is 6. The average molecular weight is 266 g/mol. The first-order valence-electron chi connectivity index (χ1n) is 6.36. The van der Waals surface area contributed by atoms with Crippen LogP contribution in [0.4, 0.5) is 0 Å². The van der Waals surface area contributed by atoms with Crippen molar-refractivity contribution in [3.05, 3.63) is 35.4 Å². The molecule has 1 atom stereocenters. The summed E-state index contributed by atoms with van der Waals surface area (Å²) < 4.78 is 10.1. The van der Waals surface area contributed by atoms with Crippen molar-refractivity contribution in [2.24, 2.45) is 5.41 Å². The fourth-order valence-electron chi connectivity index (χ4n) is 1.87. The van der Waals surface area contributed by atoms with Crippen molar-refractivity contribution in [3.63, 3.8) is 0 Å². The lowest BCUT2D eigenvalue weighted by atomic mass is 9.82. The zero-order valence-electron chi connectivity index (χ0n) is 12.0. The first-order valence-corrected chi connectivity index (χ1v) is 6.36. The third-order valence-electron chi connectivity index (χ3n) is 3.06. The molecular formula is C15H22O4. The molecule has 1 N–H and O–H groups in total. The molecule has 0 saturated carbocycles. The number of esters is 1. The molecule has 1 aromatic carbocycles. The molecule has 0 aromatic heterocycles. The van der Waals surface area contributed by atoms with Crippen LogP contribution in [-0.4, -0.2) is 24.8 Å². The lowest BCUT2D eigenvalue weighted by Crippen LogP contribution is -2.33. The SMILES string of the molecule is CCOC(=O)C(C)(C)C(O)c1cccc(COC)c1. The molecule has 4 heteroatoms. The fraction of sp³-hybridized carbons (Fsp3) is 0.533. The molecule has 0 heterocycles. The van der Waals surface area contributed by atoms with Crippen molar-refractivity contribution in [1.29, 1.82) is 0 Å². The molecule has 1 aromatic rings. The van der Waals surface area contributed by atoms with Gasteiger partial charge in [0.2, 0.25) is 0 Å². The molecular weight excluding hydrogens is 244 g/mol. The van der Waals surface area contributed by atoms with Crippen LogP contribution in [0, 0.1) is 5.41 Å². The van der Waals surface area contributed by atoms with E-state index in [-0.39, 0.29) is 0 Å². The number of hydrogen-bond acceptors (Lipinski definition) is 4. The summed E-state index contributed by atoms with van der Waals surface area (Å²) in [7, 11) is 1.62. The van der Waals surface area contributed by atoms with E-state index in [1.807, 2.05) is 18.2 Å². The predicted molar refractivity (Wildman–Crippen MR) is 72.5 cm³/mol. The number of aliphatic hydroxyl groups excluding tert-OH is 1. The van der Waals surface area contributed by atoms with Gasteiger partial charge in [-0.3, -0.25) is 4.79 Å². The Kier molecular flexibility index (Phi) is 5.51. The standard InChI is InChI=1S/C15H22O4/c1-5-19-14(17)15(2,3)13(16)12-8-6-7-11(9-12)10-18-4/h6-9,13,16H,5,10H2,1-4H3. The second-order valence-electron chi connectivity index (χ2n) is 5.02. The van der Waals surface area contributed by atoms with Gasteiger partial charge in [0.15, 0.2) is 0 Å². The van der Waals surface area contributed by atoms with Gasteiger partial charge in [0.25, 0.3) is 0 Å². The van der Waals surface area contributed by atoms with E-state index in [1.165, 1.54) is 0 Å². The zero-order valence-corrected chi connectivity index (χ0v) is 12.0. The molecule has 0 radical (unpaired) electrons. The summed E-state index contributed by atoms with van der Waals surface area (Å²) in [6, 6.07) is 7.39. The molecule has 1 unspecified atom stereocenters. The van der Waals surface area contributed by atoms with Gasteiger partial charge in [0.05, 0.1) is 24.7 Å². The van der Waals surface area contributed by atoms with Crippen molar-refractivity contribution in [2.45, 2.75) is 33.5 Å². The highest BCUT2D eigenvalue weighted by atomic mass is 16.5. The lowest BCUT2D eigenvalue weighted by molar-refractivity contribution is -0.160. The van der Waals surface area contributed by atoms with Crippen LogP contribution >= 0.6 is 0 Å². The second-order valence-corrected chi connectivity index (χ2v) is 5.02. The Morgan fingerprint density at radius 3 is 2.68 bits per heavy atom. The first-order chi connectivity index (χ1) is 8.93. The van der Waals surface area contributed by atoms with Gasteiger partial charge in [-0.15, -0.1) is 0 Å². The second kappa shape index (κ2) is 6.68. The van der Waals surface area contributed by atoms with Crippen LogP contribution in [0.2, 0.25) is 0 Å². The maximum Gasteiger partial charge on any atom is 0.314 e. The van der Waals surface area contributed by atoms with Gasteiger partial charge < -0.3 is 14.6 Å². The van der Waals surface area contributed by atoms with Crippen molar-refractivity contribution >= 4 is 5.97 Å². The number of benzene rings is 1. The van der Waals surface area contributed by atoms with Crippen molar-refractivity contribution in [3.8, 4) is 0 Å². The molecule has 0 aliphatic rings. The van der Waals surface area contributed by atoms with E-state index in [0.717, 1.165) is 5.56 Å². The van der Waals surface area contributed by atoms with E-state index in [1.54, 1.807) is 33.9 Å². The maximum atomic E-state index is 11.9. The molecule has 0 amide bonds. The van der Waals surface area contributed by atoms with Gasteiger partial charge >= 0.3 is 5.97 Å². The highest BCUT2D eigenvalue weighted by Gasteiger charge is 2.38. The summed E-state index contributed by atoms with van der Waals surface area (Å²) in [5.74, 6) is -0.403. The summed E-state index contributed by atoms with van der Waals surface area (Å²) in [5.41, 5.74) is 0.660. The van der Waals surface area contributed by atoms with Gasteiger partial charge in [-0.25, -0.2) is 0 Å². The van der Waals surface area contributed by atoms with E-state index in [2.05, 4.69) is 0 Å². The maximum absolute atomic E-state index is 11.9. The Bertz CT molecular complexity index is 426. The normalized spacial score (nSPS) is 13.1. The molecule has 0 saturated heterocycles. The van der Waals surface area contributed by atoms with Gasteiger partial charge in [0.1, 0.15) is 0 Å². The van der Waals surface area contributed by atoms with Crippen LogP contribution in [0.3, 0.4) is 0 Å². The van der Waals surface area contributed by atoms with E-state index in [4.69, 9.17) is 9.47 Å². The van der Waals surface area contributed by atoms with Crippen LogP contribution < -0.4 is 0 Å². The Labute approximate surface area is 114 Å². The topological polar surface area (TPSA) is 55.8 Å². The minimum absolute atomic E-state index is 0.304. The predicted octanol–water partition coefficient (Wildman–Crippen LogP) is 2.46. The highest BCUT2D eigenvalue weighted by Crippen LogP contribution is 2.34. The lowest BCUT2D eigenvalue weighted by Gasteiger charge is -2.28. The molecule has 1 rings (SSSR count). The minimum atomic E-state index is -0.984. The monoisotopic (exact) mass is 266 g/mol. The molecule has 0 aliphatic carbocycles. The Morgan fingerprint density at radius 2 is 2.11 bits per heavy atom. The quantitative estimate of drug-likeness (QED) is 0.804. The third kappa shape index (κ3) is 3.78. The van der Waals surface area contributed by atoms with Crippen molar-refractivity contribution in [1.82, 2.24) is 0 Å². The molecule has 106 valence electrons. The number of aliphatic hydroxyl groups is 1. The van der Waals surface area contributed by atoms with E-state index >= 15 is 0 Å². The summed E-state index contributed by atoms with van der Waals surface area (Å²) >= 11 is 0. The number of methoxy groups -OCH3 is 1. The number of ether oxygens (including phenoxy) is 2. The molecule has 19 heavy (non-hydrogen) atoms. The van der Waals surface area contributed by atoms with Crippen LogP contribution in [0.5, 0.6) is 0 Å². The van der Waals surface area contributed by atoms with Gasteiger partial charge in [-0.05, 0) is 31.9 Å². The zero-order chi connectivity index (χ0) is 14.5. The minimum Gasteiger partial charge on any atom is -0.465 e. The number of carbonyl (C=O) groups is 1. The van der Waals surface area contributed by atoms with Crippen LogP contribution in [0.1, 0.15) is 38.0 Å². The van der Waals surface area contributed by atoms with E-state index < -0.39 is 17.5 Å². The van der Waals surface area contributed by atoms with Crippen molar-refractivity contribution < 1.29 is 19.4 Å². The molecule has 0 bridgehead atoms. The van der Waals surface area contributed by atoms with Gasteiger partial charge in [-0.2, -0.15) is 0 Å². The summed E-state index contributed by atoms with van der Waals surface area (Å²) in [4.78, 5) is 11.9. The van der Waals surface area contributed by atoms with Gasteiger partial charge in [0, 0.05) is 7.11 Å².